The van der Waals surface area contributed by atoms with Crippen molar-refractivity contribution in [2.75, 3.05) is 47.2 Å². The number of nitrogens with one attached hydrogen (secondary N) is 2. The number of rotatable bonds is 6. The summed E-state index contributed by atoms with van der Waals surface area (Å²) < 4.78 is 5.55. The normalized spacial score (nSPS) is 17.6. The third-order valence-corrected chi connectivity index (χ3v) is 5.89. The first-order valence-electron chi connectivity index (χ1n) is 8.84. The molecule has 2 rings (SSSR count). The maximum Gasteiger partial charge on any atom is 0.191 e. The van der Waals surface area contributed by atoms with Crippen molar-refractivity contribution in [3.8, 4) is 0 Å². The van der Waals surface area contributed by atoms with E-state index in [-0.39, 0.29) is 5.54 Å². The van der Waals surface area contributed by atoms with Crippen LogP contribution in [-0.4, -0.2) is 63.6 Å². The largest absolute Gasteiger partial charge is 0.381 e. The van der Waals surface area contributed by atoms with Gasteiger partial charge in [0.25, 0.3) is 0 Å². The zero-order chi connectivity index (χ0) is 18.3. The fraction of sp³-hybridized carbons (Fsp3) is 0.632. The summed E-state index contributed by atoms with van der Waals surface area (Å²) in [5.74, 6) is 0.848. The molecule has 25 heavy (non-hydrogen) atoms. The van der Waals surface area contributed by atoms with Crippen molar-refractivity contribution in [3.05, 3.63) is 29.3 Å². The van der Waals surface area contributed by atoms with E-state index < -0.39 is 0 Å². The van der Waals surface area contributed by atoms with E-state index in [9.17, 15) is 0 Å². The molecule has 0 amide bonds. The van der Waals surface area contributed by atoms with E-state index in [0.717, 1.165) is 45.1 Å². The van der Waals surface area contributed by atoms with Crippen molar-refractivity contribution in [1.29, 1.82) is 0 Å². The number of aryl methyl sites for hydroxylation is 1. The number of nitrogens with zero attached hydrogens (tertiary/aromatic N) is 2. The van der Waals surface area contributed by atoms with E-state index >= 15 is 0 Å². The first kappa shape index (κ1) is 20.1. The number of guanidine groups is 1. The summed E-state index contributed by atoms with van der Waals surface area (Å²) in [6, 6.07) is 6.60. The van der Waals surface area contributed by atoms with Gasteiger partial charge in [0.1, 0.15) is 0 Å². The molecule has 0 saturated carbocycles. The zero-order valence-electron chi connectivity index (χ0n) is 16.2. The molecule has 1 aliphatic rings. The summed E-state index contributed by atoms with van der Waals surface area (Å²) in [6.45, 7) is 5.42. The highest BCUT2D eigenvalue weighted by Gasteiger charge is 2.34. The molecule has 1 heterocycles. The Morgan fingerprint density at radius 3 is 2.60 bits per heavy atom. The van der Waals surface area contributed by atoms with Crippen molar-refractivity contribution in [3.63, 3.8) is 0 Å². The van der Waals surface area contributed by atoms with E-state index in [4.69, 9.17) is 4.74 Å². The Morgan fingerprint density at radius 1 is 1.28 bits per heavy atom. The van der Waals surface area contributed by atoms with E-state index in [1.54, 1.807) is 11.8 Å². The SMILES string of the molecule is CN=C(NCc1ccc(C)cc1SC)NCC1(N(C)C)CCOCC1. The maximum atomic E-state index is 5.55. The quantitative estimate of drug-likeness (QED) is 0.461. The van der Waals surface area contributed by atoms with Gasteiger partial charge in [-0.3, -0.25) is 4.99 Å². The van der Waals surface area contributed by atoms with Gasteiger partial charge in [-0.15, -0.1) is 11.8 Å². The highest BCUT2D eigenvalue weighted by atomic mass is 32.2. The van der Waals surface area contributed by atoms with Crippen molar-refractivity contribution in [2.45, 2.75) is 36.7 Å². The van der Waals surface area contributed by atoms with Gasteiger partial charge in [0, 0.05) is 43.8 Å². The Morgan fingerprint density at radius 2 is 2.00 bits per heavy atom. The number of benzene rings is 1. The van der Waals surface area contributed by atoms with Crippen LogP contribution < -0.4 is 10.6 Å². The molecule has 1 aliphatic heterocycles. The van der Waals surface area contributed by atoms with Crippen LogP contribution in [0, 0.1) is 6.92 Å². The molecule has 1 fully saturated rings. The Kier molecular flexibility index (Phi) is 7.59. The van der Waals surface area contributed by atoms with Gasteiger partial charge < -0.3 is 20.3 Å². The standard InChI is InChI=1S/C19H32N4OS/c1-15-6-7-16(17(12-15)25-5)13-21-18(20-2)22-14-19(23(3)4)8-10-24-11-9-19/h6-7,12H,8-11,13-14H2,1-5H3,(H2,20,21,22). The van der Waals surface area contributed by atoms with E-state index in [2.05, 4.69) is 66.0 Å². The molecule has 6 heteroatoms. The number of ether oxygens (including phenoxy) is 1. The van der Waals surface area contributed by atoms with Gasteiger partial charge in [0.2, 0.25) is 0 Å². The summed E-state index contributed by atoms with van der Waals surface area (Å²) in [4.78, 5) is 8.03. The van der Waals surface area contributed by atoms with Crippen LogP contribution in [0.3, 0.4) is 0 Å². The molecular formula is C19H32N4OS. The highest BCUT2D eigenvalue weighted by molar-refractivity contribution is 7.98. The number of hydrogen-bond acceptors (Lipinski definition) is 4. The van der Waals surface area contributed by atoms with E-state index in [0.29, 0.717) is 0 Å². The van der Waals surface area contributed by atoms with Crippen LogP contribution in [0.2, 0.25) is 0 Å². The van der Waals surface area contributed by atoms with Crippen molar-refractivity contribution in [2.24, 2.45) is 4.99 Å². The van der Waals surface area contributed by atoms with Crippen molar-refractivity contribution in [1.82, 2.24) is 15.5 Å². The second-order valence-corrected chi connectivity index (χ2v) is 7.67. The zero-order valence-corrected chi connectivity index (χ0v) is 17.0. The van der Waals surface area contributed by atoms with Crippen LogP contribution >= 0.6 is 11.8 Å². The number of aliphatic imine (C=N–C) groups is 1. The smallest absolute Gasteiger partial charge is 0.191 e. The van der Waals surface area contributed by atoms with Crippen LogP contribution in [0.5, 0.6) is 0 Å². The first-order chi connectivity index (χ1) is 12.0. The second kappa shape index (κ2) is 9.46. The minimum Gasteiger partial charge on any atom is -0.381 e. The molecule has 0 unspecified atom stereocenters. The number of thioether (sulfide) groups is 1. The Hall–Kier alpha value is -1.24. The summed E-state index contributed by atoms with van der Waals surface area (Å²) in [6.07, 6.45) is 4.20. The molecule has 0 aromatic heterocycles. The first-order valence-corrected chi connectivity index (χ1v) is 10.1. The van der Waals surface area contributed by atoms with Gasteiger partial charge in [0.05, 0.1) is 0 Å². The lowest BCUT2D eigenvalue weighted by molar-refractivity contribution is -0.00501. The lowest BCUT2D eigenvalue weighted by Gasteiger charge is -2.43. The maximum absolute atomic E-state index is 5.55. The molecule has 0 spiro atoms. The lowest BCUT2D eigenvalue weighted by Crippen LogP contribution is -2.57. The van der Waals surface area contributed by atoms with Crippen LogP contribution in [0.15, 0.2) is 28.1 Å². The molecule has 5 nitrogen and oxygen atoms in total. The van der Waals surface area contributed by atoms with Gasteiger partial charge in [-0.05, 0) is 57.3 Å². The molecular weight excluding hydrogens is 332 g/mol. The molecule has 1 saturated heterocycles. The fourth-order valence-electron chi connectivity index (χ4n) is 3.18. The van der Waals surface area contributed by atoms with Gasteiger partial charge in [-0.25, -0.2) is 0 Å². The molecule has 140 valence electrons. The molecule has 0 bridgehead atoms. The third-order valence-electron chi connectivity index (χ3n) is 5.07. The van der Waals surface area contributed by atoms with Crippen LogP contribution in [0.1, 0.15) is 24.0 Å². The Labute approximate surface area is 156 Å². The fourth-order valence-corrected chi connectivity index (χ4v) is 3.89. The summed E-state index contributed by atoms with van der Waals surface area (Å²) in [5.41, 5.74) is 2.72. The van der Waals surface area contributed by atoms with Gasteiger partial charge >= 0.3 is 0 Å². The topological polar surface area (TPSA) is 48.9 Å². The van der Waals surface area contributed by atoms with Crippen molar-refractivity contribution >= 4 is 17.7 Å². The van der Waals surface area contributed by atoms with Crippen LogP contribution in [-0.2, 0) is 11.3 Å². The van der Waals surface area contributed by atoms with Crippen LogP contribution in [0.4, 0.5) is 0 Å². The molecule has 1 aromatic rings. The Balaban J connectivity index is 1.94. The lowest BCUT2D eigenvalue weighted by atomic mass is 9.88. The summed E-state index contributed by atoms with van der Waals surface area (Å²) in [5, 5.41) is 6.97. The van der Waals surface area contributed by atoms with Gasteiger partial charge in [-0.1, -0.05) is 12.1 Å². The van der Waals surface area contributed by atoms with Crippen LogP contribution in [0.25, 0.3) is 0 Å². The number of likely N-dealkylation sites (N-methyl/N-ethyl adjacent to an activating group) is 1. The van der Waals surface area contributed by atoms with Gasteiger partial charge in [0.15, 0.2) is 5.96 Å². The number of hydrogen-bond donors (Lipinski definition) is 2. The highest BCUT2D eigenvalue weighted by Crippen LogP contribution is 2.25. The minimum atomic E-state index is 0.129. The summed E-state index contributed by atoms with van der Waals surface area (Å²) >= 11 is 1.79. The summed E-state index contributed by atoms with van der Waals surface area (Å²) in [7, 11) is 6.13. The average molecular weight is 365 g/mol. The van der Waals surface area contributed by atoms with Gasteiger partial charge in [-0.2, -0.15) is 0 Å². The predicted octanol–water partition coefficient (Wildman–Crippen LogP) is 2.49. The van der Waals surface area contributed by atoms with Crippen molar-refractivity contribution < 1.29 is 4.74 Å². The predicted molar refractivity (Wildman–Crippen MR) is 108 cm³/mol. The third kappa shape index (κ3) is 5.36. The van der Waals surface area contributed by atoms with E-state index in [1.807, 2.05) is 7.05 Å². The minimum absolute atomic E-state index is 0.129. The molecule has 2 N–H and O–H groups in total. The van der Waals surface area contributed by atoms with E-state index in [1.165, 1.54) is 16.0 Å². The molecule has 0 radical (unpaired) electrons. The second-order valence-electron chi connectivity index (χ2n) is 6.83. The average Bonchev–Trinajstić information content (AvgIpc) is 2.63. The molecule has 1 aromatic carbocycles. The molecule has 0 atom stereocenters. The Bertz CT molecular complexity index is 583. The molecule has 0 aliphatic carbocycles. The monoisotopic (exact) mass is 364 g/mol.